The summed E-state index contributed by atoms with van der Waals surface area (Å²) in [5.74, 6) is 0.00472. The molecule has 1 amide bonds. The molecule has 0 saturated carbocycles. The molecule has 0 unspecified atom stereocenters. The van der Waals surface area contributed by atoms with Crippen molar-refractivity contribution in [2.75, 3.05) is 0 Å². The van der Waals surface area contributed by atoms with Gasteiger partial charge in [-0.25, -0.2) is 4.98 Å². The summed E-state index contributed by atoms with van der Waals surface area (Å²) < 4.78 is 1.54. The zero-order chi connectivity index (χ0) is 18.8. The molecule has 5 nitrogen and oxygen atoms in total. The molecule has 11 heteroatoms. The van der Waals surface area contributed by atoms with Crippen LogP contribution in [-0.2, 0) is 6.54 Å². The zero-order valence-corrected chi connectivity index (χ0v) is 15.9. The molecule has 122 valence electrons. The van der Waals surface area contributed by atoms with Crippen LogP contribution in [0.4, 0.5) is 0 Å². The number of hydrogen-bond acceptors (Lipinski definition) is 3. The van der Waals surface area contributed by atoms with Gasteiger partial charge in [-0.05, 0) is 28.2 Å². The predicted octanol–water partition coefficient (Wildman–Crippen LogP) is -5.24. The van der Waals surface area contributed by atoms with Gasteiger partial charge in [0.15, 0.2) is 0 Å². The highest BCUT2D eigenvalue weighted by molar-refractivity contribution is 6.64. The van der Waals surface area contributed by atoms with Crippen LogP contribution in [0.5, 0.6) is 0 Å². The minimum Gasteiger partial charge on any atom is -0.374 e. The second kappa shape index (κ2) is 7.06. The lowest BCUT2D eigenvalue weighted by Crippen LogP contribution is -2.65. The number of nitrogens with zero attached hydrogens (tertiary/aromatic N) is 3. The summed E-state index contributed by atoms with van der Waals surface area (Å²) in [4.78, 5) is 30.7. The molecule has 1 aromatic heterocycles. The fourth-order valence-corrected chi connectivity index (χ4v) is 3.19. The molecular weight excluding hydrogens is 307 g/mol. The average Bonchev–Trinajstić information content (AvgIpc) is 2.47. The van der Waals surface area contributed by atoms with E-state index in [1.807, 2.05) is 76.2 Å². The van der Waals surface area contributed by atoms with Gasteiger partial charge in [-0.1, -0.05) is 12.1 Å². The first-order chi connectivity index (χ1) is 11.5. The van der Waals surface area contributed by atoms with Crippen LogP contribution in [0.2, 0.25) is 0 Å². The maximum atomic E-state index is 13.0. The maximum absolute atomic E-state index is 13.0. The van der Waals surface area contributed by atoms with Crippen LogP contribution < -0.4 is 5.56 Å². The van der Waals surface area contributed by atoms with E-state index < -0.39 is 0 Å². The van der Waals surface area contributed by atoms with E-state index in [4.69, 9.17) is 0 Å². The summed E-state index contributed by atoms with van der Waals surface area (Å²) >= 11 is 0. The van der Waals surface area contributed by atoms with Crippen LogP contribution in [-0.4, -0.2) is 77.9 Å². The normalized spacial score (nSPS) is 11.8. The van der Waals surface area contributed by atoms with Crippen LogP contribution in [0.1, 0.15) is 15.9 Å². The summed E-state index contributed by atoms with van der Waals surface area (Å²) in [6.07, 6.45) is 3.00. The van der Waals surface area contributed by atoms with Crippen LogP contribution >= 0.6 is 0 Å². The second-order valence-electron chi connectivity index (χ2n) is 8.23. The zero-order valence-electron chi connectivity index (χ0n) is 15.9. The van der Waals surface area contributed by atoms with Crippen LogP contribution in [0.25, 0.3) is 0 Å². The van der Waals surface area contributed by atoms with Crippen molar-refractivity contribution in [3.05, 3.63) is 64.3 Å². The van der Waals surface area contributed by atoms with Gasteiger partial charge in [-0.2, -0.15) is 0 Å². The van der Waals surface area contributed by atoms with Crippen molar-refractivity contribution in [3.8, 4) is 0 Å². The SMILES string of the molecule is BC(B)(B)N(C(=O)c1ccc(Cn2cnccc2=O)cc1)C(B)(B)B. The van der Waals surface area contributed by atoms with Gasteiger partial charge in [0.05, 0.1) is 12.9 Å². The van der Waals surface area contributed by atoms with E-state index >= 15 is 0 Å². The van der Waals surface area contributed by atoms with Crippen LogP contribution in [0.15, 0.2) is 47.7 Å². The molecule has 0 spiro atoms. The average molecular weight is 328 g/mol. The van der Waals surface area contributed by atoms with Gasteiger partial charge in [0.25, 0.3) is 11.5 Å². The number of benzene rings is 1. The minimum atomic E-state index is -0.281. The number of hydrogen-bond donors (Lipinski definition) is 0. The third kappa shape index (κ3) is 4.74. The standard InChI is InChI=1S/C14H21B6N3O2/c15-13(16,17)23(14(18,19)20)12(25)10-3-1-9(2-4-10)7-22-8-21-6-5-11(22)24/h1-6,8H,7,15-20H2. The Hall–Kier alpha value is -2.04. The van der Waals surface area contributed by atoms with Crippen LogP contribution in [0, 0.1) is 0 Å². The van der Waals surface area contributed by atoms with E-state index in [1.165, 1.54) is 23.2 Å². The molecule has 0 atom stereocenters. The van der Waals surface area contributed by atoms with E-state index in [0.717, 1.165) is 5.56 Å². The number of amides is 1. The number of rotatable bonds is 5. The summed E-state index contributed by atoms with van der Waals surface area (Å²) in [7, 11) is 12.2. The van der Waals surface area contributed by atoms with Gasteiger partial charge < -0.3 is 4.90 Å². The molecule has 0 saturated heterocycles. The van der Waals surface area contributed by atoms with Gasteiger partial charge >= 0.3 is 0 Å². The van der Waals surface area contributed by atoms with Crippen molar-refractivity contribution in [2.24, 2.45) is 0 Å². The summed E-state index contributed by atoms with van der Waals surface area (Å²) in [5.41, 5.74) is 1.50. The highest BCUT2D eigenvalue weighted by atomic mass is 16.2. The molecule has 0 bridgehead atoms. The maximum Gasteiger partial charge on any atom is 0.253 e. The van der Waals surface area contributed by atoms with Crippen molar-refractivity contribution in [1.82, 2.24) is 14.5 Å². The number of aromatic nitrogens is 2. The first-order valence-corrected chi connectivity index (χ1v) is 8.44. The van der Waals surface area contributed by atoms with Gasteiger partial charge in [-0.3, -0.25) is 14.2 Å². The Morgan fingerprint density at radius 3 is 2.04 bits per heavy atom. The molecule has 0 N–H and O–H groups in total. The first-order valence-electron chi connectivity index (χ1n) is 8.44. The molecule has 0 aliphatic heterocycles. The molecular formula is C14H21B6N3O2. The third-order valence-corrected chi connectivity index (χ3v) is 3.89. The number of carbonyl (C=O) groups excluding carboxylic acids is 1. The summed E-state index contributed by atoms with van der Waals surface area (Å²) in [6, 6.07) is 8.85. The fraction of sp³-hybridized carbons (Fsp3) is 0.214. The fourth-order valence-electron chi connectivity index (χ4n) is 3.19. The summed E-state index contributed by atoms with van der Waals surface area (Å²) in [5, 5.41) is -0.561. The van der Waals surface area contributed by atoms with Crippen LogP contribution in [0.3, 0.4) is 0 Å². The number of carbonyl (C=O) groups is 1. The molecule has 25 heavy (non-hydrogen) atoms. The summed E-state index contributed by atoms with van der Waals surface area (Å²) in [6.45, 7) is 0.434. The monoisotopic (exact) mass is 329 g/mol. The molecule has 2 aromatic rings. The lowest BCUT2D eigenvalue weighted by molar-refractivity contribution is 0.0744. The van der Waals surface area contributed by atoms with E-state index in [0.29, 0.717) is 12.1 Å². The van der Waals surface area contributed by atoms with Gasteiger partial charge in [0.2, 0.25) is 0 Å². The van der Waals surface area contributed by atoms with Crippen molar-refractivity contribution < 1.29 is 4.79 Å². The quantitative estimate of drug-likeness (QED) is 0.516. The smallest absolute Gasteiger partial charge is 0.253 e. The Bertz CT molecular complexity index is 797. The topological polar surface area (TPSA) is 55.2 Å². The highest BCUT2D eigenvalue weighted by Gasteiger charge is 2.35. The Morgan fingerprint density at radius 2 is 1.56 bits per heavy atom. The van der Waals surface area contributed by atoms with Gasteiger partial charge in [0.1, 0.15) is 47.1 Å². The second-order valence-corrected chi connectivity index (χ2v) is 8.23. The van der Waals surface area contributed by atoms with Gasteiger partial charge in [0, 0.05) is 17.8 Å². The largest absolute Gasteiger partial charge is 0.374 e. The molecule has 1 aromatic carbocycles. The van der Waals surface area contributed by atoms with Gasteiger partial charge in [-0.15, -0.1) is 0 Å². The van der Waals surface area contributed by atoms with E-state index in [2.05, 4.69) is 4.98 Å². The molecule has 0 aliphatic rings. The molecule has 2 rings (SSSR count). The lowest BCUT2D eigenvalue weighted by atomic mass is 9.40. The van der Waals surface area contributed by atoms with Crippen molar-refractivity contribution in [1.29, 1.82) is 0 Å². The Kier molecular flexibility index (Phi) is 5.45. The Labute approximate surface area is 154 Å². The minimum absolute atomic E-state index is 0.00472. The third-order valence-electron chi connectivity index (χ3n) is 3.89. The van der Waals surface area contributed by atoms with E-state index in [-0.39, 0.29) is 21.9 Å². The lowest BCUT2D eigenvalue weighted by Gasteiger charge is -2.47. The van der Waals surface area contributed by atoms with E-state index in [9.17, 15) is 9.59 Å². The molecule has 0 aliphatic carbocycles. The highest BCUT2D eigenvalue weighted by Crippen LogP contribution is 2.18. The molecule has 0 fully saturated rings. The van der Waals surface area contributed by atoms with Crippen molar-refractivity contribution >= 4 is 53.0 Å². The van der Waals surface area contributed by atoms with Crippen molar-refractivity contribution in [2.45, 2.75) is 17.0 Å². The Balaban J connectivity index is 2.25. The van der Waals surface area contributed by atoms with Crippen molar-refractivity contribution in [3.63, 3.8) is 0 Å². The molecule has 0 radical (unpaired) electrons. The first kappa shape index (κ1) is 19.3. The molecule has 1 heterocycles. The van der Waals surface area contributed by atoms with E-state index in [1.54, 1.807) is 0 Å². The predicted molar refractivity (Wildman–Crippen MR) is 117 cm³/mol. The Morgan fingerprint density at radius 1 is 1.00 bits per heavy atom.